The van der Waals surface area contributed by atoms with Crippen molar-refractivity contribution in [2.45, 2.75) is 31.7 Å². The monoisotopic (exact) mass is 276 g/mol. The van der Waals surface area contributed by atoms with E-state index in [0.29, 0.717) is 6.04 Å². The third-order valence-electron chi connectivity index (χ3n) is 3.70. The van der Waals surface area contributed by atoms with Gasteiger partial charge in [0, 0.05) is 33.0 Å². The van der Waals surface area contributed by atoms with Crippen LogP contribution in [0.5, 0.6) is 0 Å². The van der Waals surface area contributed by atoms with E-state index in [4.69, 9.17) is 0 Å². The predicted molar refractivity (Wildman–Crippen MR) is 90.2 cm³/mol. The van der Waals surface area contributed by atoms with Crippen LogP contribution in [0, 0.1) is 0 Å². The van der Waals surface area contributed by atoms with Crippen molar-refractivity contribution in [3.8, 4) is 0 Å². The van der Waals surface area contributed by atoms with Gasteiger partial charge in [-0.3, -0.25) is 5.09 Å². The standard InChI is InChI=1S/C17H20NP.Li/c1-3-11-16(12-4-1)19(17-13-5-2-6-14-17)18-15-9-7-8-10-15;/h1-6,11-15,18H,7-10H2;. The molecule has 1 fully saturated rings. The van der Waals surface area contributed by atoms with Gasteiger partial charge >= 0.3 is 0 Å². The van der Waals surface area contributed by atoms with Gasteiger partial charge < -0.3 is 0 Å². The summed E-state index contributed by atoms with van der Waals surface area (Å²) in [6, 6.07) is 22.5. The number of hydrogen-bond acceptors (Lipinski definition) is 1. The first-order valence-corrected chi connectivity index (χ1v) is 8.44. The first-order chi connectivity index (χ1) is 9.43. The summed E-state index contributed by atoms with van der Waals surface area (Å²) in [6.07, 6.45) is 5.42. The van der Waals surface area contributed by atoms with Crippen molar-refractivity contribution in [2.24, 2.45) is 0 Å². The summed E-state index contributed by atoms with van der Waals surface area (Å²) in [5.41, 5.74) is 0. The predicted octanol–water partition coefficient (Wildman–Crippen LogP) is 3.19. The molecule has 0 atom stereocenters. The summed E-state index contributed by atoms with van der Waals surface area (Å²) in [6.45, 7) is 0. The van der Waals surface area contributed by atoms with Gasteiger partial charge in [-0.15, -0.1) is 0 Å². The Labute approximate surface area is 135 Å². The van der Waals surface area contributed by atoms with Crippen LogP contribution >= 0.6 is 8.07 Å². The molecule has 1 aliphatic rings. The number of rotatable bonds is 4. The molecule has 0 heterocycles. The van der Waals surface area contributed by atoms with Gasteiger partial charge in [0.05, 0.1) is 0 Å². The zero-order chi connectivity index (χ0) is 12.9. The Balaban J connectivity index is 0.00000147. The molecular weight excluding hydrogens is 256 g/mol. The molecule has 1 nitrogen and oxygen atoms in total. The van der Waals surface area contributed by atoms with Crippen molar-refractivity contribution in [3.63, 3.8) is 0 Å². The molecule has 0 unspecified atom stereocenters. The Hall–Kier alpha value is -0.573. The molecule has 0 saturated heterocycles. The van der Waals surface area contributed by atoms with E-state index in [2.05, 4.69) is 65.8 Å². The molecule has 3 heteroatoms. The molecule has 1 saturated carbocycles. The maximum absolute atomic E-state index is 3.91. The molecule has 1 N–H and O–H groups in total. The molecule has 99 valence electrons. The smallest absolute Gasteiger partial charge is 0.0255 e. The van der Waals surface area contributed by atoms with Crippen LogP contribution in [0.4, 0.5) is 0 Å². The van der Waals surface area contributed by atoms with E-state index in [1.165, 1.54) is 36.3 Å². The molecular formula is C17H20LiNP. The molecule has 0 bridgehead atoms. The van der Waals surface area contributed by atoms with E-state index in [0.717, 1.165) is 0 Å². The fourth-order valence-corrected chi connectivity index (χ4v) is 4.85. The quantitative estimate of drug-likeness (QED) is 0.668. The van der Waals surface area contributed by atoms with E-state index < -0.39 is 8.07 Å². The second-order valence-electron chi connectivity index (χ2n) is 5.12. The largest absolute Gasteiger partial charge is 0.285 e. The van der Waals surface area contributed by atoms with E-state index in [1.54, 1.807) is 0 Å². The van der Waals surface area contributed by atoms with Crippen LogP contribution in [0.1, 0.15) is 25.7 Å². The Bertz CT molecular complexity index is 457. The minimum atomic E-state index is -0.412. The maximum Gasteiger partial charge on any atom is 0.0255 e. The topological polar surface area (TPSA) is 12.0 Å². The Kier molecular flexibility index (Phi) is 6.33. The normalized spacial score (nSPS) is 15.2. The third-order valence-corrected chi connectivity index (χ3v) is 5.95. The van der Waals surface area contributed by atoms with Crippen molar-refractivity contribution in [3.05, 3.63) is 60.7 Å². The molecule has 20 heavy (non-hydrogen) atoms. The van der Waals surface area contributed by atoms with E-state index in [1.807, 2.05) is 0 Å². The van der Waals surface area contributed by atoms with Crippen LogP contribution in [0.15, 0.2) is 60.7 Å². The van der Waals surface area contributed by atoms with Gasteiger partial charge in [-0.2, -0.15) is 0 Å². The molecule has 0 aliphatic heterocycles. The number of benzene rings is 2. The van der Waals surface area contributed by atoms with E-state index >= 15 is 0 Å². The molecule has 0 amide bonds. The first-order valence-electron chi connectivity index (χ1n) is 7.10. The zero-order valence-corrected chi connectivity index (χ0v) is 13.0. The van der Waals surface area contributed by atoms with Crippen LogP contribution in [-0.2, 0) is 0 Å². The van der Waals surface area contributed by atoms with Crippen LogP contribution in [0.2, 0.25) is 0 Å². The van der Waals surface area contributed by atoms with Crippen LogP contribution in [-0.4, -0.2) is 24.9 Å². The molecule has 3 rings (SSSR count). The minimum absolute atomic E-state index is 0. The maximum atomic E-state index is 3.91. The molecule has 1 radical (unpaired) electrons. The van der Waals surface area contributed by atoms with Gasteiger partial charge in [-0.1, -0.05) is 73.5 Å². The average molecular weight is 276 g/mol. The average Bonchev–Trinajstić information content (AvgIpc) is 3.00. The van der Waals surface area contributed by atoms with Gasteiger partial charge in [-0.25, -0.2) is 0 Å². The third kappa shape index (κ3) is 3.97. The zero-order valence-electron chi connectivity index (χ0n) is 12.1. The van der Waals surface area contributed by atoms with E-state index in [-0.39, 0.29) is 18.9 Å². The molecule has 2 aromatic rings. The van der Waals surface area contributed by atoms with Crippen LogP contribution < -0.4 is 15.7 Å². The van der Waals surface area contributed by atoms with Crippen molar-refractivity contribution in [1.82, 2.24) is 5.09 Å². The minimum Gasteiger partial charge on any atom is -0.285 e. The fraction of sp³-hybridized carbons (Fsp3) is 0.294. The second kappa shape index (κ2) is 8.01. The van der Waals surface area contributed by atoms with Crippen LogP contribution in [0.25, 0.3) is 0 Å². The molecule has 1 aliphatic carbocycles. The summed E-state index contributed by atoms with van der Waals surface area (Å²) < 4.78 is 0. The second-order valence-corrected chi connectivity index (χ2v) is 7.08. The van der Waals surface area contributed by atoms with E-state index in [9.17, 15) is 0 Å². The molecule has 0 spiro atoms. The van der Waals surface area contributed by atoms with Gasteiger partial charge in [0.15, 0.2) is 0 Å². The molecule has 0 aromatic heterocycles. The fourth-order valence-electron chi connectivity index (χ4n) is 2.69. The number of hydrogen-bond donors (Lipinski definition) is 1. The summed E-state index contributed by atoms with van der Waals surface area (Å²) in [4.78, 5) is 0. The summed E-state index contributed by atoms with van der Waals surface area (Å²) in [7, 11) is -0.412. The van der Waals surface area contributed by atoms with Crippen LogP contribution in [0.3, 0.4) is 0 Å². The Morgan fingerprint density at radius 3 is 1.65 bits per heavy atom. The van der Waals surface area contributed by atoms with Crippen molar-refractivity contribution in [2.75, 3.05) is 0 Å². The molecule has 2 aromatic carbocycles. The Morgan fingerprint density at radius 2 is 1.20 bits per heavy atom. The van der Waals surface area contributed by atoms with Gasteiger partial charge in [-0.05, 0) is 23.5 Å². The van der Waals surface area contributed by atoms with Gasteiger partial charge in [0.1, 0.15) is 0 Å². The number of nitrogens with one attached hydrogen (secondary N) is 1. The Morgan fingerprint density at radius 1 is 0.750 bits per heavy atom. The van der Waals surface area contributed by atoms with Gasteiger partial charge in [0.25, 0.3) is 0 Å². The van der Waals surface area contributed by atoms with Gasteiger partial charge in [0.2, 0.25) is 0 Å². The summed E-state index contributed by atoms with van der Waals surface area (Å²) >= 11 is 0. The SMILES string of the molecule is [Li].c1ccc(P(NC2CCCC2)c2ccccc2)cc1. The van der Waals surface area contributed by atoms with Crippen molar-refractivity contribution in [1.29, 1.82) is 0 Å². The van der Waals surface area contributed by atoms with Crippen molar-refractivity contribution < 1.29 is 0 Å². The summed E-state index contributed by atoms with van der Waals surface area (Å²) in [5.74, 6) is 0. The van der Waals surface area contributed by atoms with Crippen molar-refractivity contribution >= 4 is 37.5 Å². The first kappa shape index (κ1) is 15.8. The summed E-state index contributed by atoms with van der Waals surface area (Å²) in [5, 5.41) is 6.77.